The highest BCUT2D eigenvalue weighted by molar-refractivity contribution is 7.89. The third-order valence-electron chi connectivity index (χ3n) is 6.27. The number of aromatic amines is 1. The molecule has 0 spiro atoms. The molecule has 0 aliphatic carbocycles. The largest absolute Gasteiger partial charge is 0.379 e. The Labute approximate surface area is 194 Å². The quantitative estimate of drug-likeness (QED) is 0.454. The number of hydrogen-bond donors (Lipinski definition) is 2. The van der Waals surface area contributed by atoms with Crippen molar-refractivity contribution in [3.05, 3.63) is 78.5 Å². The lowest BCUT2D eigenvalue weighted by atomic mass is 9.97. The fourth-order valence-corrected chi connectivity index (χ4v) is 5.21. The summed E-state index contributed by atoms with van der Waals surface area (Å²) in [6, 6.07) is 21.3. The average molecular weight is 462 g/mol. The second-order valence-corrected chi connectivity index (χ2v) is 9.93. The van der Waals surface area contributed by atoms with E-state index in [1.54, 1.807) is 12.1 Å². The number of nitrogens with two attached hydrogens (primary N) is 1. The van der Waals surface area contributed by atoms with Crippen molar-refractivity contribution < 1.29 is 13.2 Å². The highest BCUT2D eigenvalue weighted by Crippen LogP contribution is 2.34. The van der Waals surface area contributed by atoms with Crippen LogP contribution in [0.2, 0.25) is 0 Å². The molecule has 170 valence electrons. The van der Waals surface area contributed by atoms with Gasteiger partial charge in [0.2, 0.25) is 10.0 Å². The molecule has 0 bridgehead atoms. The van der Waals surface area contributed by atoms with Crippen LogP contribution in [0.1, 0.15) is 5.56 Å². The Hall–Kier alpha value is -2.97. The van der Waals surface area contributed by atoms with E-state index in [0.717, 1.165) is 66.9 Å². The number of fused-ring (bicyclic) bond motifs is 1. The van der Waals surface area contributed by atoms with E-state index >= 15 is 0 Å². The molecule has 1 aliphatic rings. The monoisotopic (exact) mass is 461 g/mol. The number of benzene rings is 3. The zero-order valence-electron chi connectivity index (χ0n) is 18.3. The van der Waals surface area contributed by atoms with E-state index in [0.29, 0.717) is 5.56 Å². The van der Waals surface area contributed by atoms with E-state index in [-0.39, 0.29) is 4.90 Å². The Kier molecular flexibility index (Phi) is 6.03. The van der Waals surface area contributed by atoms with Crippen molar-refractivity contribution in [3.8, 4) is 22.3 Å². The van der Waals surface area contributed by atoms with Gasteiger partial charge in [-0.2, -0.15) is 0 Å². The van der Waals surface area contributed by atoms with Crippen molar-refractivity contribution >= 4 is 20.9 Å². The number of nitrogens with zero attached hydrogens (tertiary/aromatic N) is 1. The number of hydrogen-bond acceptors (Lipinski definition) is 4. The predicted molar refractivity (Wildman–Crippen MR) is 132 cm³/mol. The topological polar surface area (TPSA) is 88.4 Å². The van der Waals surface area contributed by atoms with Crippen LogP contribution in [-0.2, 0) is 21.2 Å². The van der Waals surface area contributed by atoms with Gasteiger partial charge in [0.25, 0.3) is 0 Å². The van der Waals surface area contributed by atoms with Gasteiger partial charge in [-0.1, -0.05) is 42.5 Å². The third kappa shape index (κ3) is 4.72. The third-order valence-corrected chi connectivity index (χ3v) is 7.24. The zero-order valence-corrected chi connectivity index (χ0v) is 19.1. The molecule has 1 fully saturated rings. The van der Waals surface area contributed by atoms with Crippen molar-refractivity contribution in [2.24, 2.45) is 5.14 Å². The maximum absolute atomic E-state index is 12.4. The van der Waals surface area contributed by atoms with E-state index in [1.165, 1.54) is 5.56 Å². The van der Waals surface area contributed by atoms with Crippen LogP contribution in [0.4, 0.5) is 0 Å². The van der Waals surface area contributed by atoms with Gasteiger partial charge in [0.15, 0.2) is 0 Å². The van der Waals surface area contributed by atoms with Gasteiger partial charge in [-0.15, -0.1) is 0 Å². The molecule has 5 rings (SSSR count). The molecular weight excluding hydrogens is 434 g/mol. The maximum atomic E-state index is 12.4. The molecular formula is C26H27N3O3S. The molecule has 3 aromatic carbocycles. The highest BCUT2D eigenvalue weighted by Gasteiger charge is 2.18. The highest BCUT2D eigenvalue weighted by atomic mass is 32.2. The fourth-order valence-electron chi connectivity index (χ4n) is 4.47. The van der Waals surface area contributed by atoms with Crippen molar-refractivity contribution in [3.63, 3.8) is 0 Å². The molecule has 1 aliphatic heterocycles. The predicted octanol–water partition coefficient (Wildman–Crippen LogP) is 4.02. The molecule has 7 heteroatoms. The minimum absolute atomic E-state index is 0.131. The van der Waals surface area contributed by atoms with Crippen LogP contribution in [0.3, 0.4) is 0 Å². The standard InChI is InChI=1S/C26H27N3O3S/c27-33(30,31)26-9-7-20(19-4-2-1-3-5-19)16-24(26)21-6-8-25-23(17-21)22(18-28-25)10-11-29-12-14-32-15-13-29/h1-9,16-18,28H,10-15H2,(H2,27,30,31). The molecule has 3 N–H and O–H groups in total. The van der Waals surface area contributed by atoms with Gasteiger partial charge < -0.3 is 9.72 Å². The first-order chi connectivity index (χ1) is 16.0. The first-order valence-corrected chi connectivity index (χ1v) is 12.7. The minimum atomic E-state index is -3.88. The number of nitrogens with one attached hydrogen (secondary N) is 1. The van der Waals surface area contributed by atoms with Crippen LogP contribution in [0.25, 0.3) is 33.2 Å². The van der Waals surface area contributed by atoms with Crippen molar-refractivity contribution in [2.45, 2.75) is 11.3 Å². The Balaban J connectivity index is 1.55. The summed E-state index contributed by atoms with van der Waals surface area (Å²) >= 11 is 0. The molecule has 33 heavy (non-hydrogen) atoms. The smallest absolute Gasteiger partial charge is 0.238 e. The summed E-state index contributed by atoms with van der Waals surface area (Å²) in [6.07, 6.45) is 2.96. The number of morpholine rings is 1. The zero-order chi connectivity index (χ0) is 22.8. The van der Waals surface area contributed by atoms with Gasteiger partial charge in [0, 0.05) is 42.3 Å². The van der Waals surface area contributed by atoms with E-state index in [4.69, 9.17) is 9.88 Å². The molecule has 4 aromatic rings. The number of rotatable bonds is 6. The van der Waals surface area contributed by atoms with E-state index < -0.39 is 10.0 Å². The summed E-state index contributed by atoms with van der Waals surface area (Å²) < 4.78 is 30.2. The minimum Gasteiger partial charge on any atom is -0.379 e. The summed E-state index contributed by atoms with van der Waals surface area (Å²) in [7, 11) is -3.88. The van der Waals surface area contributed by atoms with Gasteiger partial charge in [-0.3, -0.25) is 4.90 Å². The van der Waals surface area contributed by atoms with E-state index in [1.807, 2.05) is 48.5 Å². The number of aromatic nitrogens is 1. The summed E-state index contributed by atoms with van der Waals surface area (Å²) in [4.78, 5) is 5.89. The summed E-state index contributed by atoms with van der Waals surface area (Å²) in [6.45, 7) is 4.44. The fraction of sp³-hybridized carbons (Fsp3) is 0.231. The summed E-state index contributed by atoms with van der Waals surface area (Å²) in [5, 5.41) is 6.69. The second kappa shape index (κ2) is 9.11. The number of sulfonamides is 1. The van der Waals surface area contributed by atoms with Gasteiger partial charge in [0.05, 0.1) is 18.1 Å². The second-order valence-electron chi connectivity index (χ2n) is 8.40. The van der Waals surface area contributed by atoms with Crippen LogP contribution >= 0.6 is 0 Å². The van der Waals surface area contributed by atoms with Gasteiger partial charge in [-0.05, 0) is 52.9 Å². The van der Waals surface area contributed by atoms with Crippen molar-refractivity contribution in [1.82, 2.24) is 9.88 Å². The van der Waals surface area contributed by atoms with Gasteiger partial charge in [0.1, 0.15) is 0 Å². The van der Waals surface area contributed by atoms with Gasteiger partial charge >= 0.3 is 0 Å². The molecule has 0 amide bonds. The molecule has 0 saturated carbocycles. The van der Waals surface area contributed by atoms with Crippen LogP contribution in [0.15, 0.2) is 77.8 Å². The summed E-state index contributed by atoms with van der Waals surface area (Å²) in [5.41, 5.74) is 5.66. The normalized spacial score (nSPS) is 15.2. The van der Waals surface area contributed by atoms with Crippen LogP contribution in [-0.4, -0.2) is 51.1 Å². The van der Waals surface area contributed by atoms with Crippen LogP contribution in [0.5, 0.6) is 0 Å². The number of H-pyrrole nitrogens is 1. The molecule has 1 aromatic heterocycles. The lowest BCUT2D eigenvalue weighted by Gasteiger charge is -2.26. The molecule has 0 radical (unpaired) electrons. The molecule has 6 nitrogen and oxygen atoms in total. The van der Waals surface area contributed by atoms with E-state index in [2.05, 4.69) is 22.1 Å². The summed E-state index contributed by atoms with van der Waals surface area (Å²) in [5.74, 6) is 0. The average Bonchev–Trinajstić information content (AvgIpc) is 3.25. The van der Waals surface area contributed by atoms with E-state index in [9.17, 15) is 8.42 Å². The first-order valence-electron chi connectivity index (χ1n) is 11.1. The van der Waals surface area contributed by atoms with Crippen molar-refractivity contribution in [1.29, 1.82) is 0 Å². The molecule has 0 unspecified atom stereocenters. The molecule has 0 atom stereocenters. The van der Waals surface area contributed by atoms with Crippen molar-refractivity contribution in [2.75, 3.05) is 32.8 Å². The first kappa shape index (κ1) is 21.9. The maximum Gasteiger partial charge on any atom is 0.238 e. The Morgan fingerprint density at radius 2 is 1.67 bits per heavy atom. The lowest BCUT2D eigenvalue weighted by Crippen LogP contribution is -2.37. The number of primary sulfonamides is 1. The number of ether oxygens (including phenoxy) is 1. The van der Waals surface area contributed by atoms with Gasteiger partial charge in [-0.25, -0.2) is 13.6 Å². The Morgan fingerprint density at radius 3 is 2.42 bits per heavy atom. The SMILES string of the molecule is NS(=O)(=O)c1ccc(-c2ccccc2)cc1-c1ccc2[nH]cc(CCN3CCOCC3)c2c1. The molecule has 2 heterocycles. The lowest BCUT2D eigenvalue weighted by molar-refractivity contribution is 0.0385. The van der Waals surface area contributed by atoms with Crippen LogP contribution < -0.4 is 5.14 Å². The van der Waals surface area contributed by atoms with Crippen LogP contribution in [0, 0.1) is 0 Å². The Morgan fingerprint density at radius 1 is 0.909 bits per heavy atom. The Bertz CT molecular complexity index is 1370. The molecule has 1 saturated heterocycles.